The molecule has 1 unspecified atom stereocenters. The molecule has 2 nitrogen and oxygen atoms in total. The lowest BCUT2D eigenvalue weighted by atomic mass is 10.1. The fourth-order valence-electron chi connectivity index (χ4n) is 2.24. The summed E-state index contributed by atoms with van der Waals surface area (Å²) in [5.74, 6) is 0. The average Bonchev–Trinajstić information content (AvgIpc) is 2.37. The van der Waals surface area contributed by atoms with Crippen molar-refractivity contribution in [3.05, 3.63) is 32.8 Å². The van der Waals surface area contributed by atoms with E-state index in [4.69, 9.17) is 34.8 Å². The SMILES string of the molecule is CC(NN1CCCCC1)c1ccc(Cl)c(Cl)c1Cl. The molecule has 0 bridgehead atoms. The second kappa shape index (κ2) is 6.44. The molecule has 1 aliphatic rings. The maximum Gasteiger partial charge on any atom is 0.0781 e. The van der Waals surface area contributed by atoms with Gasteiger partial charge in [-0.3, -0.25) is 0 Å². The van der Waals surface area contributed by atoms with E-state index in [0.29, 0.717) is 15.1 Å². The van der Waals surface area contributed by atoms with Gasteiger partial charge >= 0.3 is 0 Å². The lowest BCUT2D eigenvalue weighted by Gasteiger charge is -2.30. The Morgan fingerprint density at radius 3 is 2.39 bits per heavy atom. The number of nitrogens with zero attached hydrogens (tertiary/aromatic N) is 1. The summed E-state index contributed by atoms with van der Waals surface area (Å²) in [6.07, 6.45) is 3.81. The molecular formula is C13H17Cl3N2. The third-order valence-electron chi connectivity index (χ3n) is 3.26. The van der Waals surface area contributed by atoms with E-state index in [0.717, 1.165) is 18.7 Å². The van der Waals surface area contributed by atoms with Crippen LogP contribution in [0, 0.1) is 0 Å². The van der Waals surface area contributed by atoms with Gasteiger partial charge in [0.2, 0.25) is 0 Å². The van der Waals surface area contributed by atoms with Crippen LogP contribution in [0.3, 0.4) is 0 Å². The van der Waals surface area contributed by atoms with Gasteiger partial charge in [0.1, 0.15) is 0 Å². The number of benzene rings is 1. The van der Waals surface area contributed by atoms with E-state index in [1.165, 1.54) is 19.3 Å². The minimum Gasteiger partial charge on any atom is -0.248 e. The van der Waals surface area contributed by atoms with Crippen molar-refractivity contribution in [2.75, 3.05) is 13.1 Å². The first-order valence-corrected chi connectivity index (χ1v) is 7.37. The number of halogens is 3. The van der Waals surface area contributed by atoms with Crippen LogP contribution in [0.15, 0.2) is 12.1 Å². The van der Waals surface area contributed by atoms with E-state index >= 15 is 0 Å². The summed E-state index contributed by atoms with van der Waals surface area (Å²) in [5, 5.41) is 3.73. The summed E-state index contributed by atoms with van der Waals surface area (Å²) in [4.78, 5) is 0. The average molecular weight is 308 g/mol. The van der Waals surface area contributed by atoms with Crippen LogP contribution in [0.1, 0.15) is 37.8 Å². The summed E-state index contributed by atoms with van der Waals surface area (Å²) in [6, 6.07) is 3.85. The molecule has 5 heteroatoms. The Morgan fingerprint density at radius 1 is 1.06 bits per heavy atom. The molecule has 1 atom stereocenters. The Morgan fingerprint density at radius 2 is 1.72 bits per heavy atom. The summed E-state index contributed by atoms with van der Waals surface area (Å²) in [5.41, 5.74) is 4.45. The monoisotopic (exact) mass is 306 g/mol. The molecule has 0 spiro atoms. The molecule has 0 aromatic heterocycles. The number of hydrogen-bond donors (Lipinski definition) is 1. The van der Waals surface area contributed by atoms with Gasteiger partial charge in [0.25, 0.3) is 0 Å². The number of hydrogen-bond acceptors (Lipinski definition) is 2. The summed E-state index contributed by atoms with van der Waals surface area (Å²) in [7, 11) is 0. The zero-order chi connectivity index (χ0) is 13.1. The molecule has 1 aromatic rings. The molecule has 18 heavy (non-hydrogen) atoms. The molecule has 100 valence electrons. The first kappa shape index (κ1) is 14.4. The molecule has 0 radical (unpaired) electrons. The third kappa shape index (κ3) is 3.31. The minimum atomic E-state index is 0.130. The van der Waals surface area contributed by atoms with Crippen LogP contribution in [-0.2, 0) is 0 Å². The van der Waals surface area contributed by atoms with Crippen LogP contribution >= 0.6 is 34.8 Å². The standard InChI is InChI=1S/C13H17Cl3N2/c1-9(17-18-7-3-2-4-8-18)10-5-6-11(14)13(16)12(10)15/h5-6,9,17H,2-4,7-8H2,1H3. The van der Waals surface area contributed by atoms with Gasteiger partial charge in [-0.15, -0.1) is 0 Å². The topological polar surface area (TPSA) is 15.3 Å². The van der Waals surface area contributed by atoms with Gasteiger partial charge in [0.15, 0.2) is 0 Å². The zero-order valence-corrected chi connectivity index (χ0v) is 12.6. The van der Waals surface area contributed by atoms with Crippen LogP contribution in [0.4, 0.5) is 0 Å². The number of piperidine rings is 1. The molecule has 1 saturated heterocycles. The predicted octanol–water partition coefficient (Wildman–Crippen LogP) is 4.70. The van der Waals surface area contributed by atoms with Gasteiger partial charge < -0.3 is 0 Å². The van der Waals surface area contributed by atoms with E-state index in [-0.39, 0.29) is 6.04 Å². The smallest absolute Gasteiger partial charge is 0.0781 e. The molecule has 1 heterocycles. The lowest BCUT2D eigenvalue weighted by molar-refractivity contribution is 0.133. The van der Waals surface area contributed by atoms with Crippen LogP contribution in [0.5, 0.6) is 0 Å². The zero-order valence-electron chi connectivity index (χ0n) is 10.3. The Hall–Kier alpha value is 0.01000. The largest absolute Gasteiger partial charge is 0.248 e. The third-order valence-corrected chi connectivity index (χ3v) is 4.57. The van der Waals surface area contributed by atoms with E-state index < -0.39 is 0 Å². The fourth-order valence-corrected chi connectivity index (χ4v) is 2.95. The molecular weight excluding hydrogens is 291 g/mol. The molecule has 1 N–H and O–H groups in total. The fraction of sp³-hybridized carbons (Fsp3) is 0.538. The van der Waals surface area contributed by atoms with Crippen LogP contribution in [0.25, 0.3) is 0 Å². The first-order valence-electron chi connectivity index (χ1n) is 6.24. The maximum atomic E-state index is 6.24. The highest BCUT2D eigenvalue weighted by atomic mass is 35.5. The molecule has 1 aliphatic heterocycles. The number of nitrogens with one attached hydrogen (secondary N) is 1. The molecule has 1 fully saturated rings. The van der Waals surface area contributed by atoms with Gasteiger partial charge in [-0.2, -0.15) is 0 Å². The van der Waals surface area contributed by atoms with Crippen molar-refractivity contribution in [1.82, 2.24) is 10.4 Å². The molecule has 1 aromatic carbocycles. The first-order chi connectivity index (χ1) is 8.59. The van der Waals surface area contributed by atoms with Gasteiger partial charge in [0, 0.05) is 19.1 Å². The Labute approximate surface area is 123 Å². The summed E-state index contributed by atoms with van der Waals surface area (Å²) >= 11 is 18.2. The highest BCUT2D eigenvalue weighted by Gasteiger charge is 2.17. The highest BCUT2D eigenvalue weighted by molar-refractivity contribution is 6.48. The van der Waals surface area contributed by atoms with E-state index in [1.807, 2.05) is 6.07 Å². The second-order valence-corrected chi connectivity index (χ2v) is 5.83. The number of hydrazine groups is 1. The molecule has 0 amide bonds. The van der Waals surface area contributed by atoms with Gasteiger partial charge in [-0.05, 0) is 31.4 Å². The van der Waals surface area contributed by atoms with Crippen molar-refractivity contribution >= 4 is 34.8 Å². The van der Waals surface area contributed by atoms with Crippen molar-refractivity contribution in [3.8, 4) is 0 Å². The van der Waals surface area contributed by atoms with Crippen molar-refractivity contribution in [2.24, 2.45) is 0 Å². The molecule has 2 rings (SSSR count). The molecule has 0 saturated carbocycles. The quantitative estimate of drug-likeness (QED) is 0.814. The van der Waals surface area contributed by atoms with Crippen molar-refractivity contribution in [2.45, 2.75) is 32.2 Å². The minimum absolute atomic E-state index is 0.130. The second-order valence-electron chi connectivity index (χ2n) is 4.66. The Balaban J connectivity index is 2.08. The van der Waals surface area contributed by atoms with Crippen LogP contribution in [-0.4, -0.2) is 18.1 Å². The van der Waals surface area contributed by atoms with Crippen LogP contribution in [0.2, 0.25) is 15.1 Å². The Bertz CT molecular complexity index is 417. The van der Waals surface area contributed by atoms with E-state index in [1.54, 1.807) is 6.07 Å². The summed E-state index contributed by atoms with van der Waals surface area (Å²) in [6.45, 7) is 4.26. The summed E-state index contributed by atoms with van der Waals surface area (Å²) < 4.78 is 0. The van der Waals surface area contributed by atoms with E-state index in [2.05, 4.69) is 17.4 Å². The maximum absolute atomic E-state index is 6.24. The van der Waals surface area contributed by atoms with Gasteiger partial charge in [-0.1, -0.05) is 47.3 Å². The lowest BCUT2D eigenvalue weighted by Crippen LogP contribution is -2.42. The van der Waals surface area contributed by atoms with Crippen molar-refractivity contribution < 1.29 is 0 Å². The van der Waals surface area contributed by atoms with Gasteiger partial charge in [-0.25, -0.2) is 10.4 Å². The number of rotatable bonds is 3. The van der Waals surface area contributed by atoms with Gasteiger partial charge in [0.05, 0.1) is 15.1 Å². The predicted molar refractivity (Wildman–Crippen MR) is 78.4 cm³/mol. The highest BCUT2D eigenvalue weighted by Crippen LogP contribution is 2.35. The van der Waals surface area contributed by atoms with Crippen molar-refractivity contribution in [1.29, 1.82) is 0 Å². The normalized spacial score (nSPS) is 18.9. The molecule has 0 aliphatic carbocycles. The Kier molecular flexibility index (Phi) is 5.16. The van der Waals surface area contributed by atoms with Crippen LogP contribution < -0.4 is 5.43 Å². The van der Waals surface area contributed by atoms with Crippen molar-refractivity contribution in [3.63, 3.8) is 0 Å². The van der Waals surface area contributed by atoms with E-state index in [9.17, 15) is 0 Å².